The maximum Gasteiger partial charge on any atom is 0.332 e. The summed E-state index contributed by atoms with van der Waals surface area (Å²) in [5.41, 5.74) is 1.48. The number of aromatic nitrogens is 5. The van der Waals surface area contributed by atoms with Crippen LogP contribution in [0.5, 0.6) is 0 Å². The highest BCUT2D eigenvalue weighted by molar-refractivity contribution is 6.31. The molecular weight excluding hydrogens is 409 g/mol. The lowest BCUT2D eigenvalue weighted by atomic mass is 10.2. The topological polar surface area (TPSA) is 66.2 Å². The minimum absolute atomic E-state index is 0.101. The molecule has 0 aliphatic rings. The van der Waals surface area contributed by atoms with Crippen molar-refractivity contribution < 1.29 is 4.39 Å². The predicted octanol–water partition coefficient (Wildman–Crippen LogP) is 3.58. The Morgan fingerprint density at radius 1 is 1.20 bits per heavy atom. The molecule has 3 aromatic heterocycles. The summed E-state index contributed by atoms with van der Waals surface area (Å²) in [6.45, 7) is 7.82. The van der Waals surface area contributed by atoms with E-state index in [9.17, 15) is 14.0 Å². The second-order valence-electron chi connectivity index (χ2n) is 7.65. The van der Waals surface area contributed by atoms with E-state index in [0.717, 1.165) is 22.4 Å². The van der Waals surface area contributed by atoms with E-state index in [2.05, 4.69) is 23.4 Å². The Labute approximate surface area is 176 Å². The van der Waals surface area contributed by atoms with E-state index in [4.69, 9.17) is 11.6 Å². The summed E-state index contributed by atoms with van der Waals surface area (Å²) in [6.07, 6.45) is 0.892. The predicted molar refractivity (Wildman–Crippen MR) is 115 cm³/mol. The van der Waals surface area contributed by atoms with Crippen molar-refractivity contribution >= 4 is 28.5 Å². The quantitative estimate of drug-likeness (QED) is 0.496. The zero-order valence-corrected chi connectivity index (χ0v) is 18.3. The summed E-state index contributed by atoms with van der Waals surface area (Å²) >= 11 is 6.13. The Kier molecular flexibility index (Phi) is 4.85. The molecule has 0 aliphatic carbocycles. The molecule has 0 saturated heterocycles. The fourth-order valence-electron chi connectivity index (χ4n) is 3.97. The van der Waals surface area contributed by atoms with Gasteiger partial charge in [-0.2, -0.15) is 4.98 Å². The fraction of sp³-hybridized carbons (Fsp3) is 0.381. The Bertz CT molecular complexity index is 1410. The number of rotatable bonds is 4. The first kappa shape index (κ1) is 20.4. The van der Waals surface area contributed by atoms with Gasteiger partial charge in [0.05, 0.1) is 6.54 Å². The molecule has 0 N–H and O–H groups in total. The lowest BCUT2D eigenvalue weighted by Crippen LogP contribution is -2.40. The zero-order valence-electron chi connectivity index (χ0n) is 17.5. The van der Waals surface area contributed by atoms with Gasteiger partial charge in [0, 0.05) is 35.1 Å². The van der Waals surface area contributed by atoms with Gasteiger partial charge in [-0.05, 0) is 39.3 Å². The third-order valence-electron chi connectivity index (χ3n) is 5.97. The molecule has 0 saturated carbocycles. The maximum atomic E-state index is 14.3. The van der Waals surface area contributed by atoms with Gasteiger partial charge in [0.25, 0.3) is 5.56 Å². The SMILES string of the molecule is CC[C@@H](C)n1c(C)c(C)n2c3c(=O)n(Cc4c(F)cccc4Cl)c(=O)n(C)c3nc12. The van der Waals surface area contributed by atoms with Crippen molar-refractivity contribution in [1.29, 1.82) is 0 Å². The number of nitrogens with zero attached hydrogens (tertiary/aromatic N) is 5. The normalized spacial score (nSPS) is 12.9. The first-order chi connectivity index (χ1) is 14.2. The fourth-order valence-corrected chi connectivity index (χ4v) is 4.19. The Balaban J connectivity index is 2.09. The number of hydrogen-bond donors (Lipinski definition) is 0. The van der Waals surface area contributed by atoms with Crippen LogP contribution >= 0.6 is 11.6 Å². The molecule has 158 valence electrons. The minimum atomic E-state index is -0.572. The number of fused-ring (bicyclic) bond motifs is 3. The van der Waals surface area contributed by atoms with Crippen molar-refractivity contribution in [2.24, 2.45) is 7.05 Å². The van der Waals surface area contributed by atoms with Crippen LogP contribution in [0.2, 0.25) is 5.02 Å². The van der Waals surface area contributed by atoms with Crippen molar-refractivity contribution in [2.45, 2.75) is 46.7 Å². The molecule has 3 heterocycles. The van der Waals surface area contributed by atoms with Gasteiger partial charge in [0.2, 0.25) is 5.78 Å². The summed E-state index contributed by atoms with van der Waals surface area (Å²) in [7, 11) is 1.56. The van der Waals surface area contributed by atoms with Crippen molar-refractivity contribution in [1.82, 2.24) is 23.1 Å². The molecule has 4 aromatic rings. The average molecular weight is 432 g/mol. The third-order valence-corrected chi connectivity index (χ3v) is 6.32. The van der Waals surface area contributed by atoms with Crippen LogP contribution in [0.3, 0.4) is 0 Å². The van der Waals surface area contributed by atoms with Crippen LogP contribution in [0, 0.1) is 19.7 Å². The van der Waals surface area contributed by atoms with E-state index < -0.39 is 17.1 Å². The van der Waals surface area contributed by atoms with Gasteiger partial charge >= 0.3 is 5.69 Å². The van der Waals surface area contributed by atoms with Crippen molar-refractivity contribution in [3.8, 4) is 0 Å². The molecule has 0 radical (unpaired) electrons. The number of halogens is 2. The van der Waals surface area contributed by atoms with E-state index in [0.29, 0.717) is 16.9 Å². The highest BCUT2D eigenvalue weighted by Gasteiger charge is 2.24. The molecule has 4 rings (SSSR count). The van der Waals surface area contributed by atoms with Gasteiger partial charge in [0.1, 0.15) is 5.82 Å². The van der Waals surface area contributed by atoms with E-state index in [1.807, 2.05) is 13.8 Å². The number of imidazole rings is 2. The summed E-state index contributed by atoms with van der Waals surface area (Å²) in [6, 6.07) is 4.45. The highest BCUT2D eigenvalue weighted by atomic mass is 35.5. The Hall–Kier alpha value is -2.87. The molecule has 0 bridgehead atoms. The summed E-state index contributed by atoms with van der Waals surface area (Å²) < 4.78 is 20.5. The molecule has 0 fully saturated rings. The van der Waals surface area contributed by atoms with Gasteiger partial charge in [-0.25, -0.2) is 9.18 Å². The molecule has 0 spiro atoms. The van der Waals surface area contributed by atoms with Crippen molar-refractivity contribution in [2.75, 3.05) is 0 Å². The molecule has 1 atom stereocenters. The van der Waals surface area contributed by atoms with Crippen molar-refractivity contribution in [3.05, 3.63) is 66.8 Å². The average Bonchev–Trinajstić information content (AvgIpc) is 3.21. The maximum absolute atomic E-state index is 14.3. The van der Waals surface area contributed by atoms with Crippen LogP contribution in [0.4, 0.5) is 4.39 Å². The summed E-state index contributed by atoms with van der Waals surface area (Å²) in [5, 5.41) is 0.164. The van der Waals surface area contributed by atoms with Crippen LogP contribution < -0.4 is 11.2 Å². The first-order valence-electron chi connectivity index (χ1n) is 9.81. The largest absolute Gasteiger partial charge is 0.332 e. The molecule has 0 amide bonds. The standard InChI is InChI=1S/C21H23ClFN5O2/c1-6-11(2)27-12(3)13(4)28-17-18(24-20(27)28)25(5)21(30)26(19(17)29)10-14-15(22)8-7-9-16(14)23/h7-9,11H,6,10H2,1-5H3/t11-/m1/s1. The van der Waals surface area contributed by atoms with E-state index in [1.54, 1.807) is 11.4 Å². The second-order valence-corrected chi connectivity index (χ2v) is 8.06. The summed E-state index contributed by atoms with van der Waals surface area (Å²) in [4.78, 5) is 31.0. The van der Waals surface area contributed by atoms with E-state index >= 15 is 0 Å². The Morgan fingerprint density at radius 2 is 1.90 bits per heavy atom. The van der Waals surface area contributed by atoms with Gasteiger partial charge in [-0.3, -0.25) is 18.3 Å². The van der Waals surface area contributed by atoms with Crippen LogP contribution in [0.15, 0.2) is 27.8 Å². The molecule has 1 aromatic carbocycles. The van der Waals surface area contributed by atoms with Gasteiger partial charge in [-0.1, -0.05) is 24.6 Å². The van der Waals surface area contributed by atoms with Crippen LogP contribution in [-0.2, 0) is 13.6 Å². The number of benzene rings is 1. The van der Waals surface area contributed by atoms with Gasteiger partial charge in [-0.15, -0.1) is 0 Å². The van der Waals surface area contributed by atoms with Crippen molar-refractivity contribution in [3.63, 3.8) is 0 Å². The molecule has 0 aliphatic heterocycles. The lowest BCUT2D eigenvalue weighted by molar-refractivity contribution is 0.532. The third kappa shape index (κ3) is 2.74. The lowest BCUT2D eigenvalue weighted by Gasteiger charge is -2.13. The van der Waals surface area contributed by atoms with Crippen LogP contribution in [-0.4, -0.2) is 23.1 Å². The summed E-state index contributed by atoms with van der Waals surface area (Å²) in [5.74, 6) is 0.0491. The Morgan fingerprint density at radius 3 is 2.53 bits per heavy atom. The van der Waals surface area contributed by atoms with Crippen LogP contribution in [0.25, 0.3) is 16.9 Å². The van der Waals surface area contributed by atoms with E-state index in [-0.39, 0.29) is 23.2 Å². The number of hydrogen-bond acceptors (Lipinski definition) is 3. The highest BCUT2D eigenvalue weighted by Crippen LogP contribution is 2.26. The molecule has 30 heavy (non-hydrogen) atoms. The molecule has 7 nitrogen and oxygen atoms in total. The van der Waals surface area contributed by atoms with Crippen LogP contribution in [0.1, 0.15) is 43.3 Å². The minimum Gasteiger partial charge on any atom is -0.311 e. The van der Waals surface area contributed by atoms with Gasteiger partial charge < -0.3 is 4.57 Å². The smallest absolute Gasteiger partial charge is 0.311 e. The number of aryl methyl sites for hydroxylation is 2. The van der Waals surface area contributed by atoms with Gasteiger partial charge in [0.15, 0.2) is 11.2 Å². The first-order valence-corrected chi connectivity index (χ1v) is 10.2. The molecule has 0 unspecified atom stereocenters. The molecule has 9 heteroatoms. The zero-order chi connectivity index (χ0) is 21.9. The monoisotopic (exact) mass is 431 g/mol. The van der Waals surface area contributed by atoms with E-state index in [1.165, 1.54) is 22.8 Å². The molecular formula is C21H23ClFN5O2. The second kappa shape index (κ2) is 7.12.